The Bertz CT molecular complexity index is 774. The van der Waals surface area contributed by atoms with Crippen LogP contribution in [-0.4, -0.2) is 21.3 Å². The van der Waals surface area contributed by atoms with Gasteiger partial charge in [0.15, 0.2) is 16.5 Å². The van der Waals surface area contributed by atoms with Crippen LogP contribution in [0.25, 0.3) is 10.8 Å². The molecule has 0 aliphatic rings. The highest BCUT2D eigenvalue weighted by molar-refractivity contribution is 7.13. The summed E-state index contributed by atoms with van der Waals surface area (Å²) in [6, 6.07) is 3.66. The molecule has 7 nitrogen and oxygen atoms in total. The second-order valence-electron chi connectivity index (χ2n) is 4.32. The summed E-state index contributed by atoms with van der Waals surface area (Å²) in [6.07, 6.45) is 0. The van der Waals surface area contributed by atoms with E-state index >= 15 is 0 Å². The molecule has 0 aliphatic carbocycles. The van der Waals surface area contributed by atoms with E-state index in [9.17, 15) is 4.79 Å². The molecule has 108 valence electrons. The van der Waals surface area contributed by atoms with Gasteiger partial charge in [-0.25, -0.2) is 14.4 Å². The molecule has 21 heavy (non-hydrogen) atoms. The normalized spacial score (nSPS) is 10.8. The average molecular weight is 305 g/mol. The van der Waals surface area contributed by atoms with Gasteiger partial charge < -0.3 is 9.15 Å². The number of thiazole rings is 1. The number of aryl methyl sites for hydroxylation is 2. The summed E-state index contributed by atoms with van der Waals surface area (Å²) in [7, 11) is 0. The predicted octanol–water partition coefficient (Wildman–Crippen LogP) is 2.76. The monoisotopic (exact) mass is 305 g/mol. The van der Waals surface area contributed by atoms with Crippen molar-refractivity contribution in [1.82, 2.24) is 15.3 Å². The van der Waals surface area contributed by atoms with Crippen molar-refractivity contribution in [2.45, 2.75) is 20.5 Å². The fourth-order valence-corrected chi connectivity index (χ4v) is 2.37. The molecule has 0 unspecified atom stereocenters. The molecule has 0 fully saturated rings. The third-order valence-electron chi connectivity index (χ3n) is 2.75. The highest BCUT2D eigenvalue weighted by Gasteiger charge is 2.16. The first kappa shape index (κ1) is 13.5. The van der Waals surface area contributed by atoms with Gasteiger partial charge in [-0.3, -0.25) is 0 Å². The number of nitrogens with zero attached hydrogens (tertiary/aromatic N) is 3. The van der Waals surface area contributed by atoms with Crippen LogP contribution in [0.15, 0.2) is 26.6 Å². The molecule has 0 N–H and O–H groups in total. The van der Waals surface area contributed by atoms with Crippen molar-refractivity contribution in [3.63, 3.8) is 0 Å². The molecule has 0 saturated carbocycles. The first-order valence-corrected chi connectivity index (χ1v) is 6.99. The largest absolute Gasteiger partial charge is 0.459 e. The maximum Gasteiger partial charge on any atom is 0.358 e. The van der Waals surface area contributed by atoms with Crippen LogP contribution in [0.5, 0.6) is 0 Å². The van der Waals surface area contributed by atoms with Crippen LogP contribution in [0.3, 0.4) is 0 Å². The summed E-state index contributed by atoms with van der Waals surface area (Å²) < 4.78 is 15.1. The molecule has 0 aromatic carbocycles. The molecular formula is C13H11N3O4S. The SMILES string of the molecule is Cc1ccc(-c2nc(C(=O)OCc3nonc3C)cs2)o1. The lowest BCUT2D eigenvalue weighted by atomic mass is 10.4. The van der Waals surface area contributed by atoms with E-state index in [2.05, 4.69) is 19.9 Å². The van der Waals surface area contributed by atoms with Crippen molar-refractivity contribution in [3.05, 3.63) is 40.4 Å². The van der Waals surface area contributed by atoms with Crippen LogP contribution in [0.1, 0.15) is 27.6 Å². The molecule has 3 heterocycles. The van der Waals surface area contributed by atoms with Gasteiger partial charge in [-0.05, 0) is 26.0 Å². The average Bonchev–Trinajstić information content (AvgIpc) is 3.16. The van der Waals surface area contributed by atoms with Crippen molar-refractivity contribution in [3.8, 4) is 10.8 Å². The zero-order valence-electron chi connectivity index (χ0n) is 11.3. The number of aromatic nitrogens is 3. The summed E-state index contributed by atoms with van der Waals surface area (Å²) in [5.41, 5.74) is 1.31. The molecule has 0 saturated heterocycles. The van der Waals surface area contributed by atoms with Crippen LogP contribution in [0, 0.1) is 13.8 Å². The van der Waals surface area contributed by atoms with Crippen molar-refractivity contribution in [2.24, 2.45) is 0 Å². The molecule has 3 aromatic heterocycles. The Balaban J connectivity index is 1.68. The van der Waals surface area contributed by atoms with E-state index in [4.69, 9.17) is 9.15 Å². The third kappa shape index (κ3) is 2.84. The molecular weight excluding hydrogens is 294 g/mol. The second-order valence-corrected chi connectivity index (χ2v) is 5.18. The van der Waals surface area contributed by atoms with Gasteiger partial charge in [0, 0.05) is 5.38 Å². The maximum absolute atomic E-state index is 11.9. The van der Waals surface area contributed by atoms with Gasteiger partial charge in [-0.1, -0.05) is 10.3 Å². The zero-order valence-corrected chi connectivity index (χ0v) is 12.1. The number of esters is 1. The standard InChI is InChI=1S/C13H11N3O4S/c1-7-3-4-11(19-7)12-14-10(6-21-12)13(17)18-5-9-8(2)15-20-16-9/h3-4,6H,5H2,1-2H3. The van der Waals surface area contributed by atoms with E-state index in [0.29, 0.717) is 22.2 Å². The van der Waals surface area contributed by atoms with Crippen LogP contribution in [0.4, 0.5) is 0 Å². The number of rotatable bonds is 4. The summed E-state index contributed by atoms with van der Waals surface area (Å²) in [4.78, 5) is 16.1. The number of carbonyl (C=O) groups excluding carboxylic acids is 1. The summed E-state index contributed by atoms with van der Waals surface area (Å²) in [5.74, 6) is 0.898. The van der Waals surface area contributed by atoms with Crippen LogP contribution >= 0.6 is 11.3 Å². The molecule has 3 aromatic rings. The minimum atomic E-state index is -0.525. The van der Waals surface area contributed by atoms with E-state index in [1.807, 2.05) is 19.1 Å². The quantitative estimate of drug-likeness (QED) is 0.684. The van der Waals surface area contributed by atoms with Crippen molar-refractivity contribution < 1.29 is 18.6 Å². The number of ether oxygens (including phenoxy) is 1. The lowest BCUT2D eigenvalue weighted by Crippen LogP contribution is -2.06. The minimum absolute atomic E-state index is 0.000880. The van der Waals surface area contributed by atoms with Gasteiger partial charge in [-0.15, -0.1) is 11.3 Å². The van der Waals surface area contributed by atoms with Crippen molar-refractivity contribution >= 4 is 17.3 Å². The number of hydrogen-bond acceptors (Lipinski definition) is 8. The molecule has 0 bridgehead atoms. The Labute approximate surface area is 123 Å². The number of carbonyl (C=O) groups is 1. The summed E-state index contributed by atoms with van der Waals surface area (Å²) in [5, 5.41) is 9.51. The van der Waals surface area contributed by atoms with Crippen molar-refractivity contribution in [1.29, 1.82) is 0 Å². The van der Waals surface area contributed by atoms with Gasteiger partial charge in [-0.2, -0.15) is 0 Å². The highest BCUT2D eigenvalue weighted by Crippen LogP contribution is 2.25. The summed E-state index contributed by atoms with van der Waals surface area (Å²) >= 11 is 1.32. The van der Waals surface area contributed by atoms with E-state index in [1.54, 1.807) is 12.3 Å². The number of hydrogen-bond donors (Lipinski definition) is 0. The molecule has 3 rings (SSSR count). The van der Waals surface area contributed by atoms with Gasteiger partial charge >= 0.3 is 5.97 Å². The fourth-order valence-electron chi connectivity index (χ4n) is 1.62. The Morgan fingerprint density at radius 2 is 2.19 bits per heavy atom. The molecule has 0 atom stereocenters. The maximum atomic E-state index is 11.9. The number of furan rings is 1. The first-order chi connectivity index (χ1) is 10.1. The van der Waals surface area contributed by atoms with Gasteiger partial charge in [0.25, 0.3) is 0 Å². The lowest BCUT2D eigenvalue weighted by Gasteiger charge is -1.99. The van der Waals surface area contributed by atoms with Crippen molar-refractivity contribution in [2.75, 3.05) is 0 Å². The Morgan fingerprint density at radius 1 is 1.33 bits per heavy atom. The predicted molar refractivity (Wildman–Crippen MR) is 72.7 cm³/mol. The molecule has 8 heteroatoms. The smallest absolute Gasteiger partial charge is 0.358 e. The van der Waals surface area contributed by atoms with Crippen LogP contribution in [0.2, 0.25) is 0 Å². The van der Waals surface area contributed by atoms with E-state index in [0.717, 1.165) is 5.76 Å². The van der Waals surface area contributed by atoms with E-state index in [1.165, 1.54) is 11.3 Å². The highest BCUT2D eigenvalue weighted by atomic mass is 32.1. The topological polar surface area (TPSA) is 91.2 Å². The molecule has 0 aliphatic heterocycles. The van der Waals surface area contributed by atoms with Gasteiger partial charge in [0.1, 0.15) is 23.8 Å². The van der Waals surface area contributed by atoms with E-state index in [-0.39, 0.29) is 12.3 Å². The lowest BCUT2D eigenvalue weighted by molar-refractivity contribution is 0.0457. The van der Waals surface area contributed by atoms with Crippen LogP contribution in [-0.2, 0) is 11.3 Å². The van der Waals surface area contributed by atoms with Gasteiger partial charge in [0.2, 0.25) is 0 Å². The Hall–Kier alpha value is -2.48. The Kier molecular flexibility index (Phi) is 3.53. The zero-order chi connectivity index (χ0) is 14.8. The van der Waals surface area contributed by atoms with Crippen LogP contribution < -0.4 is 0 Å². The fraction of sp³-hybridized carbons (Fsp3) is 0.231. The van der Waals surface area contributed by atoms with E-state index < -0.39 is 5.97 Å². The molecule has 0 radical (unpaired) electrons. The minimum Gasteiger partial charge on any atom is -0.459 e. The third-order valence-corrected chi connectivity index (χ3v) is 3.61. The Morgan fingerprint density at radius 3 is 2.86 bits per heavy atom. The van der Waals surface area contributed by atoms with Gasteiger partial charge in [0.05, 0.1) is 0 Å². The second kappa shape index (κ2) is 5.49. The molecule has 0 amide bonds. The molecule has 0 spiro atoms. The first-order valence-electron chi connectivity index (χ1n) is 6.11. The summed E-state index contributed by atoms with van der Waals surface area (Å²) in [6.45, 7) is 3.57.